The van der Waals surface area contributed by atoms with E-state index in [0.717, 1.165) is 0 Å². The van der Waals surface area contributed by atoms with E-state index in [1.165, 1.54) is 6.92 Å². The first-order chi connectivity index (χ1) is 8.43. The SMILES string of the molecule is COc1ccc(NC(=O)CC(C)C(=O)O)cc1Br. The number of aliphatic carboxylic acids is 1. The van der Waals surface area contributed by atoms with Gasteiger partial charge in [0.25, 0.3) is 0 Å². The summed E-state index contributed by atoms with van der Waals surface area (Å²) in [6.45, 7) is 1.49. The number of hydrogen-bond donors (Lipinski definition) is 2. The number of ether oxygens (including phenoxy) is 1. The zero-order chi connectivity index (χ0) is 13.7. The molecule has 2 N–H and O–H groups in total. The van der Waals surface area contributed by atoms with E-state index in [-0.39, 0.29) is 12.3 Å². The molecule has 0 saturated carbocycles. The molecule has 1 aromatic carbocycles. The van der Waals surface area contributed by atoms with Gasteiger partial charge in [0.05, 0.1) is 17.5 Å². The summed E-state index contributed by atoms with van der Waals surface area (Å²) in [7, 11) is 1.55. The van der Waals surface area contributed by atoms with Gasteiger partial charge in [0, 0.05) is 12.1 Å². The lowest BCUT2D eigenvalue weighted by atomic mass is 10.1. The molecule has 0 fully saturated rings. The number of anilines is 1. The summed E-state index contributed by atoms with van der Waals surface area (Å²) in [5, 5.41) is 11.3. The molecule has 0 saturated heterocycles. The first kappa shape index (κ1) is 14.5. The van der Waals surface area contributed by atoms with Gasteiger partial charge in [-0.05, 0) is 34.1 Å². The van der Waals surface area contributed by atoms with Gasteiger partial charge in [0.1, 0.15) is 5.75 Å². The molecule has 1 amide bonds. The highest BCUT2D eigenvalue weighted by Crippen LogP contribution is 2.27. The number of rotatable bonds is 5. The van der Waals surface area contributed by atoms with Crippen molar-refractivity contribution < 1.29 is 19.4 Å². The predicted octanol–water partition coefficient (Wildman–Crippen LogP) is 2.51. The number of carbonyl (C=O) groups is 2. The standard InChI is InChI=1S/C12H14BrNO4/c1-7(12(16)17)5-11(15)14-8-3-4-10(18-2)9(13)6-8/h3-4,6-7H,5H2,1-2H3,(H,14,15)(H,16,17). The van der Waals surface area contributed by atoms with Crippen LogP contribution in [0.2, 0.25) is 0 Å². The maximum absolute atomic E-state index is 11.6. The number of hydrogen-bond acceptors (Lipinski definition) is 3. The molecule has 0 aliphatic heterocycles. The van der Waals surface area contributed by atoms with Crippen LogP contribution in [0.5, 0.6) is 5.75 Å². The summed E-state index contributed by atoms with van der Waals surface area (Å²) in [5.74, 6) is -1.36. The van der Waals surface area contributed by atoms with E-state index in [0.29, 0.717) is 15.9 Å². The highest BCUT2D eigenvalue weighted by molar-refractivity contribution is 9.10. The lowest BCUT2D eigenvalue weighted by Gasteiger charge is -2.09. The summed E-state index contributed by atoms with van der Waals surface area (Å²) >= 11 is 3.30. The van der Waals surface area contributed by atoms with Crippen LogP contribution in [-0.2, 0) is 9.59 Å². The average molecular weight is 316 g/mol. The monoisotopic (exact) mass is 315 g/mol. The molecular formula is C12H14BrNO4. The fourth-order valence-electron chi connectivity index (χ4n) is 1.32. The van der Waals surface area contributed by atoms with Crippen LogP contribution in [0.25, 0.3) is 0 Å². The number of benzene rings is 1. The fourth-order valence-corrected chi connectivity index (χ4v) is 1.86. The predicted molar refractivity (Wildman–Crippen MR) is 70.7 cm³/mol. The van der Waals surface area contributed by atoms with Gasteiger partial charge < -0.3 is 15.2 Å². The van der Waals surface area contributed by atoms with Crippen LogP contribution in [0.1, 0.15) is 13.3 Å². The van der Waals surface area contributed by atoms with Gasteiger partial charge in [0.2, 0.25) is 5.91 Å². The number of amides is 1. The summed E-state index contributed by atoms with van der Waals surface area (Å²) in [6, 6.07) is 5.09. The van der Waals surface area contributed by atoms with Gasteiger partial charge in [-0.3, -0.25) is 9.59 Å². The molecular weight excluding hydrogens is 302 g/mol. The summed E-state index contributed by atoms with van der Waals surface area (Å²) < 4.78 is 5.78. The van der Waals surface area contributed by atoms with Crippen molar-refractivity contribution in [3.8, 4) is 5.75 Å². The maximum Gasteiger partial charge on any atom is 0.306 e. The Morgan fingerprint density at radius 1 is 1.50 bits per heavy atom. The first-order valence-corrected chi connectivity index (χ1v) is 6.09. The fraction of sp³-hybridized carbons (Fsp3) is 0.333. The van der Waals surface area contributed by atoms with Crippen molar-refractivity contribution in [1.29, 1.82) is 0 Å². The van der Waals surface area contributed by atoms with Crippen LogP contribution in [0.3, 0.4) is 0 Å². The molecule has 0 heterocycles. The van der Waals surface area contributed by atoms with Gasteiger partial charge in [-0.1, -0.05) is 6.92 Å². The first-order valence-electron chi connectivity index (χ1n) is 5.30. The normalized spacial score (nSPS) is 11.7. The van der Waals surface area contributed by atoms with Crippen molar-refractivity contribution in [3.05, 3.63) is 22.7 Å². The van der Waals surface area contributed by atoms with Crippen LogP contribution in [-0.4, -0.2) is 24.1 Å². The smallest absolute Gasteiger partial charge is 0.306 e. The minimum absolute atomic E-state index is 0.0566. The Kier molecular flexibility index (Phi) is 5.15. The zero-order valence-electron chi connectivity index (χ0n) is 10.1. The lowest BCUT2D eigenvalue weighted by molar-refractivity contribution is -0.142. The Morgan fingerprint density at radius 2 is 2.17 bits per heavy atom. The minimum Gasteiger partial charge on any atom is -0.496 e. The largest absolute Gasteiger partial charge is 0.496 e. The second-order valence-electron chi connectivity index (χ2n) is 3.84. The Balaban J connectivity index is 2.65. The highest BCUT2D eigenvalue weighted by Gasteiger charge is 2.15. The Hall–Kier alpha value is -1.56. The second-order valence-corrected chi connectivity index (χ2v) is 4.70. The van der Waals surface area contributed by atoms with E-state index in [2.05, 4.69) is 21.2 Å². The molecule has 0 radical (unpaired) electrons. The molecule has 0 aliphatic rings. The topological polar surface area (TPSA) is 75.6 Å². The second kappa shape index (κ2) is 6.39. The van der Waals surface area contributed by atoms with E-state index in [9.17, 15) is 9.59 Å². The van der Waals surface area contributed by atoms with Gasteiger partial charge in [-0.2, -0.15) is 0 Å². The molecule has 0 bridgehead atoms. The quantitative estimate of drug-likeness (QED) is 0.875. The Morgan fingerprint density at radius 3 is 2.67 bits per heavy atom. The van der Waals surface area contributed by atoms with Crippen LogP contribution in [0.15, 0.2) is 22.7 Å². The molecule has 18 heavy (non-hydrogen) atoms. The maximum atomic E-state index is 11.6. The summed E-state index contributed by atoms with van der Waals surface area (Å²) in [6.07, 6.45) is -0.0566. The van der Waals surface area contributed by atoms with E-state index in [1.807, 2.05) is 0 Å². The molecule has 98 valence electrons. The molecule has 0 spiro atoms. The van der Waals surface area contributed by atoms with Crippen LogP contribution >= 0.6 is 15.9 Å². The molecule has 5 nitrogen and oxygen atoms in total. The number of carboxylic acid groups (broad SMARTS) is 1. The van der Waals surface area contributed by atoms with Crippen molar-refractivity contribution in [3.63, 3.8) is 0 Å². The van der Waals surface area contributed by atoms with Gasteiger partial charge in [0.15, 0.2) is 0 Å². The molecule has 0 aromatic heterocycles. The zero-order valence-corrected chi connectivity index (χ0v) is 11.7. The van der Waals surface area contributed by atoms with Crippen LogP contribution in [0, 0.1) is 5.92 Å². The molecule has 1 unspecified atom stereocenters. The number of nitrogens with one attached hydrogen (secondary N) is 1. The van der Waals surface area contributed by atoms with Gasteiger partial charge in [-0.25, -0.2) is 0 Å². The number of carbonyl (C=O) groups excluding carboxylic acids is 1. The lowest BCUT2D eigenvalue weighted by Crippen LogP contribution is -2.19. The van der Waals surface area contributed by atoms with Crippen molar-refractivity contribution in [1.82, 2.24) is 0 Å². The number of methoxy groups -OCH3 is 1. The number of halogens is 1. The third-order valence-electron chi connectivity index (χ3n) is 2.35. The molecule has 0 aliphatic carbocycles. The van der Waals surface area contributed by atoms with Crippen molar-refractivity contribution in [2.45, 2.75) is 13.3 Å². The highest BCUT2D eigenvalue weighted by atomic mass is 79.9. The van der Waals surface area contributed by atoms with E-state index >= 15 is 0 Å². The molecule has 6 heteroatoms. The summed E-state index contributed by atoms with van der Waals surface area (Å²) in [5.41, 5.74) is 0.588. The van der Waals surface area contributed by atoms with E-state index in [4.69, 9.17) is 9.84 Å². The van der Waals surface area contributed by atoms with E-state index < -0.39 is 11.9 Å². The van der Waals surface area contributed by atoms with Gasteiger partial charge >= 0.3 is 5.97 Å². The average Bonchev–Trinajstić information content (AvgIpc) is 2.28. The van der Waals surface area contributed by atoms with Gasteiger partial charge in [-0.15, -0.1) is 0 Å². The summed E-state index contributed by atoms with van der Waals surface area (Å²) in [4.78, 5) is 22.2. The van der Waals surface area contributed by atoms with Crippen LogP contribution < -0.4 is 10.1 Å². The Bertz CT molecular complexity index is 461. The van der Waals surface area contributed by atoms with Crippen LogP contribution in [0.4, 0.5) is 5.69 Å². The molecule has 1 atom stereocenters. The number of carboxylic acids is 1. The Labute approximate surface area is 113 Å². The van der Waals surface area contributed by atoms with Crippen molar-refractivity contribution in [2.75, 3.05) is 12.4 Å². The molecule has 1 aromatic rings. The third-order valence-corrected chi connectivity index (χ3v) is 2.97. The third kappa shape index (κ3) is 4.03. The minimum atomic E-state index is -0.985. The van der Waals surface area contributed by atoms with Crippen molar-refractivity contribution >= 4 is 33.5 Å². The van der Waals surface area contributed by atoms with Crippen molar-refractivity contribution in [2.24, 2.45) is 5.92 Å². The van der Waals surface area contributed by atoms with E-state index in [1.54, 1.807) is 25.3 Å². The molecule has 1 rings (SSSR count).